The van der Waals surface area contributed by atoms with Crippen molar-refractivity contribution in [3.63, 3.8) is 0 Å². The molecule has 0 saturated heterocycles. The average Bonchev–Trinajstić information content (AvgIpc) is 2.34. The van der Waals surface area contributed by atoms with E-state index < -0.39 is 0 Å². The molecule has 0 aliphatic heterocycles. The van der Waals surface area contributed by atoms with Crippen LogP contribution in [-0.2, 0) is 0 Å². The molecule has 0 aromatic carbocycles. The third-order valence-electron chi connectivity index (χ3n) is 1.45. The van der Waals surface area contributed by atoms with Crippen molar-refractivity contribution < 1.29 is 0 Å². The second-order valence-corrected chi connectivity index (χ2v) is 2.13. The molecule has 0 spiro atoms. The summed E-state index contributed by atoms with van der Waals surface area (Å²) < 4.78 is 1.82. The Labute approximate surface area is 58.4 Å². The molecule has 0 aliphatic carbocycles. The van der Waals surface area contributed by atoms with E-state index in [1.807, 2.05) is 17.5 Å². The van der Waals surface area contributed by atoms with E-state index in [4.69, 9.17) is 0 Å². The van der Waals surface area contributed by atoms with Crippen molar-refractivity contribution in [2.45, 2.75) is 6.92 Å². The summed E-state index contributed by atoms with van der Waals surface area (Å²) in [5.41, 5.74) is 1.98. The van der Waals surface area contributed by atoms with Crippen LogP contribution in [0.5, 0.6) is 0 Å². The summed E-state index contributed by atoms with van der Waals surface area (Å²) in [6, 6.07) is 0. The van der Waals surface area contributed by atoms with Crippen LogP contribution in [-0.4, -0.2) is 14.4 Å². The Kier molecular flexibility index (Phi) is 0.974. The van der Waals surface area contributed by atoms with Crippen molar-refractivity contribution in [2.24, 2.45) is 0 Å². The molecular formula is C7H6N3. The van der Waals surface area contributed by atoms with E-state index in [0.717, 1.165) is 11.2 Å². The van der Waals surface area contributed by atoms with E-state index in [0.29, 0.717) is 0 Å². The molecule has 0 atom stereocenters. The van der Waals surface area contributed by atoms with Gasteiger partial charge in [0.05, 0.1) is 17.4 Å². The third-order valence-corrected chi connectivity index (χ3v) is 1.45. The van der Waals surface area contributed by atoms with Crippen molar-refractivity contribution in [3.05, 3.63) is 30.6 Å². The summed E-state index contributed by atoms with van der Waals surface area (Å²) in [5.74, 6) is 0. The number of hydrogen-bond donors (Lipinski definition) is 0. The molecule has 2 aromatic heterocycles. The van der Waals surface area contributed by atoms with Gasteiger partial charge >= 0.3 is 0 Å². The lowest BCUT2D eigenvalue weighted by Gasteiger charge is -1.88. The molecule has 3 heteroatoms. The molecule has 3 nitrogen and oxygen atoms in total. The molecule has 0 fully saturated rings. The zero-order chi connectivity index (χ0) is 6.97. The summed E-state index contributed by atoms with van der Waals surface area (Å²) in [5, 5.41) is 0. The van der Waals surface area contributed by atoms with Crippen LogP contribution in [0.3, 0.4) is 0 Å². The molecule has 0 saturated carbocycles. The van der Waals surface area contributed by atoms with E-state index >= 15 is 0 Å². The first-order valence-electron chi connectivity index (χ1n) is 3.04. The Morgan fingerprint density at radius 2 is 2.50 bits per heavy atom. The fourth-order valence-electron chi connectivity index (χ4n) is 0.902. The molecule has 0 N–H and O–H groups in total. The van der Waals surface area contributed by atoms with Gasteiger partial charge in [-0.05, 0) is 6.92 Å². The Balaban J connectivity index is 2.93. The molecule has 10 heavy (non-hydrogen) atoms. The largest absolute Gasteiger partial charge is 0.294 e. The number of rotatable bonds is 0. The number of fused-ring (bicyclic) bond motifs is 1. The maximum atomic E-state index is 3.99. The molecule has 2 aromatic rings. The summed E-state index contributed by atoms with van der Waals surface area (Å²) in [6.07, 6.45) is 8.13. The minimum absolute atomic E-state index is 0.966. The van der Waals surface area contributed by atoms with Crippen LogP contribution < -0.4 is 0 Å². The van der Waals surface area contributed by atoms with E-state index in [2.05, 4.69) is 16.3 Å². The van der Waals surface area contributed by atoms with Gasteiger partial charge in [-0.1, -0.05) is 0 Å². The Hall–Kier alpha value is -1.38. The van der Waals surface area contributed by atoms with Crippen LogP contribution in [0.1, 0.15) is 5.69 Å². The van der Waals surface area contributed by atoms with Crippen molar-refractivity contribution >= 4 is 5.52 Å². The van der Waals surface area contributed by atoms with E-state index in [9.17, 15) is 0 Å². The van der Waals surface area contributed by atoms with Gasteiger partial charge in [-0.3, -0.25) is 9.38 Å². The van der Waals surface area contributed by atoms with Crippen molar-refractivity contribution in [1.82, 2.24) is 14.4 Å². The van der Waals surface area contributed by atoms with Gasteiger partial charge in [0.2, 0.25) is 0 Å². The first-order valence-corrected chi connectivity index (χ1v) is 3.04. The highest BCUT2D eigenvalue weighted by Gasteiger charge is 1.96. The van der Waals surface area contributed by atoms with Gasteiger partial charge in [0.1, 0.15) is 0 Å². The van der Waals surface area contributed by atoms with Crippen molar-refractivity contribution in [3.8, 4) is 0 Å². The Bertz CT molecular complexity index is 350. The SMILES string of the molecule is Cc1n[c]n2ccncc12. The lowest BCUT2D eigenvalue weighted by atomic mass is 10.4. The van der Waals surface area contributed by atoms with Gasteiger partial charge < -0.3 is 0 Å². The van der Waals surface area contributed by atoms with E-state index in [-0.39, 0.29) is 0 Å². The quantitative estimate of drug-likeness (QED) is 0.531. The van der Waals surface area contributed by atoms with Crippen molar-refractivity contribution in [2.75, 3.05) is 0 Å². The number of hydrogen-bond acceptors (Lipinski definition) is 2. The minimum Gasteiger partial charge on any atom is -0.294 e. The highest BCUT2D eigenvalue weighted by atomic mass is 15.0. The second-order valence-electron chi connectivity index (χ2n) is 2.13. The first kappa shape index (κ1) is 5.41. The van der Waals surface area contributed by atoms with Gasteiger partial charge in [0, 0.05) is 12.4 Å². The number of aryl methyl sites for hydroxylation is 1. The third kappa shape index (κ3) is 0.603. The lowest BCUT2D eigenvalue weighted by Crippen LogP contribution is -1.81. The number of aromatic nitrogens is 3. The molecule has 49 valence electrons. The summed E-state index contributed by atoms with van der Waals surface area (Å²) in [6.45, 7) is 1.94. The monoisotopic (exact) mass is 132 g/mol. The number of imidazole rings is 1. The van der Waals surface area contributed by atoms with E-state index in [1.165, 1.54) is 0 Å². The fraction of sp³-hybridized carbons (Fsp3) is 0.143. The predicted molar refractivity (Wildman–Crippen MR) is 36.6 cm³/mol. The van der Waals surface area contributed by atoms with Crippen LogP contribution in [0, 0.1) is 13.3 Å². The van der Waals surface area contributed by atoms with Gasteiger partial charge in [-0.15, -0.1) is 0 Å². The summed E-state index contributed by atoms with van der Waals surface area (Å²) in [4.78, 5) is 7.96. The maximum Gasteiger partial charge on any atom is 0.181 e. The number of nitrogens with zero attached hydrogens (tertiary/aromatic N) is 3. The van der Waals surface area contributed by atoms with Gasteiger partial charge in [-0.25, -0.2) is 4.98 Å². The smallest absolute Gasteiger partial charge is 0.181 e. The Morgan fingerprint density at radius 3 is 3.30 bits per heavy atom. The van der Waals surface area contributed by atoms with Crippen LogP contribution >= 0.6 is 0 Å². The average molecular weight is 132 g/mol. The molecular weight excluding hydrogens is 126 g/mol. The standard InChI is InChI=1S/C7H6N3/c1-6-7-4-8-2-3-10(7)5-9-6/h2-4H,1H3. The maximum absolute atomic E-state index is 3.99. The molecule has 0 amide bonds. The van der Waals surface area contributed by atoms with Crippen molar-refractivity contribution in [1.29, 1.82) is 0 Å². The van der Waals surface area contributed by atoms with Crippen LogP contribution in [0.2, 0.25) is 0 Å². The summed E-state index contributed by atoms with van der Waals surface area (Å²) >= 11 is 0. The second kappa shape index (κ2) is 1.80. The lowest BCUT2D eigenvalue weighted by molar-refractivity contribution is 1.10. The van der Waals surface area contributed by atoms with E-state index in [1.54, 1.807) is 12.4 Å². The molecule has 0 unspecified atom stereocenters. The summed E-state index contributed by atoms with van der Waals surface area (Å²) in [7, 11) is 0. The molecule has 2 rings (SSSR count). The van der Waals surface area contributed by atoms with Crippen LogP contribution in [0.4, 0.5) is 0 Å². The highest BCUT2D eigenvalue weighted by Crippen LogP contribution is 2.03. The van der Waals surface area contributed by atoms with Gasteiger partial charge in [0.25, 0.3) is 0 Å². The molecule has 0 bridgehead atoms. The molecule has 0 aliphatic rings. The normalized spacial score (nSPS) is 10.5. The zero-order valence-corrected chi connectivity index (χ0v) is 5.57. The molecule has 1 radical (unpaired) electrons. The van der Waals surface area contributed by atoms with Gasteiger partial charge in [-0.2, -0.15) is 0 Å². The predicted octanol–water partition coefficient (Wildman–Crippen LogP) is 0.838. The highest BCUT2D eigenvalue weighted by molar-refractivity contribution is 5.48. The first-order chi connectivity index (χ1) is 4.88. The van der Waals surface area contributed by atoms with Crippen LogP contribution in [0.25, 0.3) is 5.52 Å². The van der Waals surface area contributed by atoms with Crippen LogP contribution in [0.15, 0.2) is 18.6 Å². The fourth-order valence-corrected chi connectivity index (χ4v) is 0.902. The van der Waals surface area contributed by atoms with Gasteiger partial charge in [0.15, 0.2) is 6.33 Å². The minimum atomic E-state index is 0.966. The molecule has 2 heterocycles. The topological polar surface area (TPSA) is 30.2 Å². The zero-order valence-electron chi connectivity index (χ0n) is 5.57. The Morgan fingerprint density at radius 1 is 1.60 bits per heavy atom.